The molecule has 4 nitrogen and oxygen atoms in total. The van der Waals surface area contributed by atoms with Gasteiger partial charge >= 0.3 is 5.97 Å². The highest BCUT2D eigenvalue weighted by atomic mass is 16.4. The zero-order chi connectivity index (χ0) is 13.5. The van der Waals surface area contributed by atoms with Gasteiger partial charge in [-0.1, -0.05) is 32.6 Å². The van der Waals surface area contributed by atoms with Crippen molar-refractivity contribution in [2.75, 3.05) is 0 Å². The Bertz CT molecular complexity index is 413. The smallest absolute Gasteiger partial charge is 0.339 e. The Hall–Kier alpha value is -1.71. The lowest BCUT2D eigenvalue weighted by atomic mass is 9.99. The summed E-state index contributed by atoms with van der Waals surface area (Å²) >= 11 is 0. The van der Waals surface area contributed by atoms with E-state index in [1.807, 2.05) is 0 Å². The normalized spacial score (nSPS) is 10.5. The third-order valence-corrected chi connectivity index (χ3v) is 2.95. The van der Waals surface area contributed by atoms with Crippen molar-refractivity contribution in [2.24, 2.45) is 0 Å². The first-order chi connectivity index (χ1) is 8.56. The molecule has 0 aliphatic heterocycles. The zero-order valence-electron chi connectivity index (χ0n) is 10.6. The van der Waals surface area contributed by atoms with E-state index in [0.717, 1.165) is 31.7 Å². The second kappa shape index (κ2) is 6.89. The number of hydrogen-bond donors (Lipinski definition) is 3. The van der Waals surface area contributed by atoms with Crippen molar-refractivity contribution < 1.29 is 20.1 Å². The number of unbranched alkanes of at least 4 members (excludes halogenated alkanes) is 4. The van der Waals surface area contributed by atoms with Gasteiger partial charge in [0.2, 0.25) is 0 Å². The van der Waals surface area contributed by atoms with Crippen molar-refractivity contribution in [1.82, 2.24) is 0 Å². The Balaban J connectivity index is 2.71. The summed E-state index contributed by atoms with van der Waals surface area (Å²) in [6.45, 7) is 2.13. The lowest BCUT2D eigenvalue weighted by Crippen LogP contribution is -2.03. The lowest BCUT2D eigenvalue weighted by molar-refractivity contribution is 0.0692. The monoisotopic (exact) mass is 252 g/mol. The van der Waals surface area contributed by atoms with Crippen LogP contribution in [0.1, 0.15) is 54.9 Å². The molecule has 0 saturated carbocycles. The van der Waals surface area contributed by atoms with Gasteiger partial charge in [-0.15, -0.1) is 0 Å². The molecule has 0 fully saturated rings. The minimum atomic E-state index is -1.16. The highest BCUT2D eigenvalue weighted by Gasteiger charge is 2.16. The maximum Gasteiger partial charge on any atom is 0.339 e. The number of benzene rings is 1. The summed E-state index contributed by atoms with van der Waals surface area (Å²) in [7, 11) is 0. The topological polar surface area (TPSA) is 77.8 Å². The third kappa shape index (κ3) is 3.95. The number of carboxylic acid groups (broad SMARTS) is 1. The summed E-state index contributed by atoms with van der Waals surface area (Å²) in [5.41, 5.74) is 0.403. The second-order valence-electron chi connectivity index (χ2n) is 4.47. The summed E-state index contributed by atoms with van der Waals surface area (Å²) in [6, 6.07) is 2.48. The fraction of sp³-hybridized carbons (Fsp3) is 0.500. The van der Waals surface area contributed by atoms with Crippen LogP contribution in [-0.4, -0.2) is 21.3 Å². The number of phenolic OH excluding ortho intramolecular Hbond substituents is 1. The molecule has 1 aromatic carbocycles. The van der Waals surface area contributed by atoms with Crippen LogP contribution in [0, 0.1) is 0 Å². The molecule has 0 aliphatic carbocycles. The van der Waals surface area contributed by atoms with E-state index in [1.54, 1.807) is 0 Å². The van der Waals surface area contributed by atoms with Crippen LogP contribution in [0.3, 0.4) is 0 Å². The Morgan fingerprint density at radius 3 is 2.39 bits per heavy atom. The Kier molecular flexibility index (Phi) is 5.49. The molecule has 0 unspecified atom stereocenters. The molecule has 0 heterocycles. The highest BCUT2D eigenvalue weighted by molar-refractivity contribution is 5.92. The molecule has 0 radical (unpaired) electrons. The van der Waals surface area contributed by atoms with Crippen LogP contribution < -0.4 is 0 Å². The largest absolute Gasteiger partial charge is 0.508 e. The molecule has 0 amide bonds. The number of aryl methyl sites for hydroxylation is 1. The first-order valence-electron chi connectivity index (χ1n) is 6.34. The Labute approximate surface area is 107 Å². The van der Waals surface area contributed by atoms with Crippen molar-refractivity contribution in [2.45, 2.75) is 45.4 Å². The first kappa shape index (κ1) is 14.4. The summed E-state index contributed by atoms with van der Waals surface area (Å²) in [6.07, 6.45) is 5.92. The average Bonchev–Trinajstić information content (AvgIpc) is 2.27. The van der Waals surface area contributed by atoms with Crippen LogP contribution in [0.4, 0.5) is 0 Å². The van der Waals surface area contributed by atoms with Gasteiger partial charge < -0.3 is 15.3 Å². The molecule has 1 aromatic rings. The Morgan fingerprint density at radius 1 is 1.11 bits per heavy atom. The fourth-order valence-electron chi connectivity index (χ4n) is 2.03. The molecule has 0 bridgehead atoms. The number of phenols is 2. The minimum absolute atomic E-state index is 0.0942. The zero-order valence-corrected chi connectivity index (χ0v) is 10.6. The van der Waals surface area contributed by atoms with Crippen molar-refractivity contribution >= 4 is 5.97 Å². The maximum absolute atomic E-state index is 11.0. The standard InChI is InChI=1S/C14H20O4/c1-2-3-4-5-6-7-10-8-11(15)9-12(16)13(10)14(17)18/h8-9,15-16H,2-7H2,1H3,(H,17,18). The van der Waals surface area contributed by atoms with Gasteiger partial charge in [0.1, 0.15) is 17.1 Å². The number of carbonyl (C=O) groups is 1. The van der Waals surface area contributed by atoms with Crippen LogP contribution in [0.5, 0.6) is 11.5 Å². The Morgan fingerprint density at radius 2 is 1.78 bits per heavy atom. The van der Waals surface area contributed by atoms with E-state index in [2.05, 4.69) is 6.92 Å². The molecule has 0 atom stereocenters. The maximum atomic E-state index is 11.0. The molecular weight excluding hydrogens is 232 g/mol. The van der Waals surface area contributed by atoms with Gasteiger partial charge in [0.05, 0.1) is 0 Å². The number of aromatic carboxylic acids is 1. The van der Waals surface area contributed by atoms with Gasteiger partial charge in [-0.25, -0.2) is 4.79 Å². The number of aromatic hydroxyl groups is 2. The molecule has 0 saturated heterocycles. The van der Waals surface area contributed by atoms with Crippen LogP contribution in [0.2, 0.25) is 0 Å². The van der Waals surface area contributed by atoms with Crippen LogP contribution in [-0.2, 0) is 6.42 Å². The van der Waals surface area contributed by atoms with Crippen molar-refractivity contribution in [3.05, 3.63) is 23.3 Å². The molecular formula is C14H20O4. The molecule has 4 heteroatoms. The third-order valence-electron chi connectivity index (χ3n) is 2.95. The van der Waals surface area contributed by atoms with E-state index in [-0.39, 0.29) is 17.1 Å². The molecule has 0 aliphatic rings. The van der Waals surface area contributed by atoms with Crippen LogP contribution >= 0.6 is 0 Å². The summed E-state index contributed by atoms with van der Waals surface area (Å²) in [4.78, 5) is 11.0. The molecule has 1 rings (SSSR count). The van der Waals surface area contributed by atoms with Crippen molar-refractivity contribution in [1.29, 1.82) is 0 Å². The van der Waals surface area contributed by atoms with Crippen LogP contribution in [0.25, 0.3) is 0 Å². The first-order valence-corrected chi connectivity index (χ1v) is 6.34. The highest BCUT2D eigenvalue weighted by Crippen LogP contribution is 2.28. The van der Waals surface area contributed by atoms with E-state index >= 15 is 0 Å². The van der Waals surface area contributed by atoms with Gasteiger partial charge in [0, 0.05) is 6.07 Å². The van der Waals surface area contributed by atoms with E-state index in [4.69, 9.17) is 5.11 Å². The predicted octanol–water partition coefficient (Wildman–Crippen LogP) is 3.31. The quantitative estimate of drug-likeness (QED) is 0.650. The number of hydrogen-bond acceptors (Lipinski definition) is 3. The van der Waals surface area contributed by atoms with Gasteiger partial charge in [-0.3, -0.25) is 0 Å². The summed E-state index contributed by atoms with van der Waals surface area (Å²) in [5.74, 6) is -1.62. The fourth-order valence-corrected chi connectivity index (χ4v) is 2.03. The van der Waals surface area contributed by atoms with Gasteiger partial charge in [0.25, 0.3) is 0 Å². The molecule has 0 aromatic heterocycles. The minimum Gasteiger partial charge on any atom is -0.508 e. The summed E-state index contributed by atoms with van der Waals surface area (Å²) < 4.78 is 0. The van der Waals surface area contributed by atoms with Gasteiger partial charge in [-0.05, 0) is 24.5 Å². The van der Waals surface area contributed by atoms with E-state index in [0.29, 0.717) is 12.0 Å². The average molecular weight is 252 g/mol. The van der Waals surface area contributed by atoms with Gasteiger partial charge in [-0.2, -0.15) is 0 Å². The van der Waals surface area contributed by atoms with Crippen LogP contribution in [0.15, 0.2) is 12.1 Å². The van der Waals surface area contributed by atoms with Gasteiger partial charge in [0.15, 0.2) is 0 Å². The second-order valence-corrected chi connectivity index (χ2v) is 4.47. The molecule has 3 N–H and O–H groups in total. The predicted molar refractivity (Wildman–Crippen MR) is 69.2 cm³/mol. The molecule has 100 valence electrons. The van der Waals surface area contributed by atoms with Crippen molar-refractivity contribution in [3.8, 4) is 11.5 Å². The summed E-state index contributed by atoms with van der Waals surface area (Å²) in [5, 5.41) is 28.0. The van der Waals surface area contributed by atoms with Crippen molar-refractivity contribution in [3.63, 3.8) is 0 Å². The van der Waals surface area contributed by atoms with E-state index in [1.165, 1.54) is 12.5 Å². The van der Waals surface area contributed by atoms with E-state index in [9.17, 15) is 15.0 Å². The molecule has 18 heavy (non-hydrogen) atoms. The number of rotatable bonds is 7. The SMILES string of the molecule is CCCCCCCc1cc(O)cc(O)c1C(=O)O. The number of carboxylic acids is 1. The molecule has 0 spiro atoms. The van der Waals surface area contributed by atoms with E-state index < -0.39 is 5.97 Å². The lowest BCUT2D eigenvalue weighted by Gasteiger charge is -2.09.